The van der Waals surface area contributed by atoms with E-state index in [-0.39, 0.29) is 0 Å². The first-order valence-electron chi connectivity index (χ1n) is 7.20. The maximum absolute atomic E-state index is 3.61. The van der Waals surface area contributed by atoms with Gasteiger partial charge in [-0.1, -0.05) is 13.8 Å². The Balaban J connectivity index is 1.70. The average molecular weight is 254 g/mol. The standard InChI is InChI=1S/C14H26N2S/c1-14(2)6-12(9-17-10-14)16-5-3-4-11-7-15-8-13(11)16/h11-13,15H,3-10H2,1-2H3. The van der Waals surface area contributed by atoms with Gasteiger partial charge in [-0.15, -0.1) is 0 Å². The Morgan fingerprint density at radius 1 is 1.29 bits per heavy atom. The van der Waals surface area contributed by atoms with E-state index < -0.39 is 0 Å². The summed E-state index contributed by atoms with van der Waals surface area (Å²) in [6.45, 7) is 8.75. The summed E-state index contributed by atoms with van der Waals surface area (Å²) in [4.78, 5) is 2.86. The molecule has 0 bridgehead atoms. The van der Waals surface area contributed by atoms with Gasteiger partial charge in [0.1, 0.15) is 0 Å². The number of thioether (sulfide) groups is 1. The third-order valence-electron chi connectivity index (χ3n) is 4.78. The predicted molar refractivity (Wildman–Crippen MR) is 75.6 cm³/mol. The van der Waals surface area contributed by atoms with E-state index in [4.69, 9.17) is 0 Å². The topological polar surface area (TPSA) is 15.3 Å². The van der Waals surface area contributed by atoms with Crippen LogP contribution in [0.15, 0.2) is 0 Å². The van der Waals surface area contributed by atoms with E-state index in [1.165, 1.54) is 50.4 Å². The second-order valence-electron chi connectivity index (χ2n) is 6.90. The summed E-state index contributed by atoms with van der Waals surface area (Å²) in [6.07, 6.45) is 4.28. The van der Waals surface area contributed by atoms with E-state index in [0.29, 0.717) is 5.41 Å². The molecule has 3 rings (SSSR count). The Hall–Kier alpha value is 0.270. The second-order valence-corrected chi connectivity index (χ2v) is 7.93. The quantitative estimate of drug-likeness (QED) is 0.772. The van der Waals surface area contributed by atoms with Gasteiger partial charge in [0.15, 0.2) is 0 Å². The molecule has 0 saturated carbocycles. The van der Waals surface area contributed by atoms with Gasteiger partial charge in [0.05, 0.1) is 0 Å². The number of likely N-dealkylation sites (tertiary alicyclic amines) is 1. The fourth-order valence-corrected chi connectivity index (χ4v) is 5.37. The summed E-state index contributed by atoms with van der Waals surface area (Å²) in [6, 6.07) is 1.69. The van der Waals surface area contributed by atoms with E-state index >= 15 is 0 Å². The molecular weight excluding hydrogens is 228 g/mol. The molecule has 3 unspecified atom stereocenters. The zero-order chi connectivity index (χ0) is 11.9. The lowest BCUT2D eigenvalue weighted by Crippen LogP contribution is -2.53. The molecule has 2 nitrogen and oxygen atoms in total. The Morgan fingerprint density at radius 2 is 2.18 bits per heavy atom. The SMILES string of the molecule is CC1(C)CSCC(N2CCCC3CNCC32)C1. The second kappa shape index (κ2) is 4.75. The van der Waals surface area contributed by atoms with Crippen LogP contribution in [0.3, 0.4) is 0 Å². The van der Waals surface area contributed by atoms with Crippen LogP contribution in [0.1, 0.15) is 33.1 Å². The van der Waals surface area contributed by atoms with E-state index in [1.807, 2.05) is 0 Å². The minimum atomic E-state index is 0.548. The molecule has 0 spiro atoms. The minimum absolute atomic E-state index is 0.548. The van der Waals surface area contributed by atoms with Gasteiger partial charge in [-0.05, 0) is 49.4 Å². The lowest BCUT2D eigenvalue weighted by molar-refractivity contribution is 0.0646. The molecule has 0 aliphatic carbocycles. The van der Waals surface area contributed by atoms with Crippen molar-refractivity contribution in [3.63, 3.8) is 0 Å². The third-order valence-corrected chi connectivity index (χ3v) is 6.39. The molecule has 3 aliphatic heterocycles. The van der Waals surface area contributed by atoms with Gasteiger partial charge in [-0.2, -0.15) is 11.8 Å². The van der Waals surface area contributed by atoms with Crippen LogP contribution >= 0.6 is 11.8 Å². The van der Waals surface area contributed by atoms with Gasteiger partial charge >= 0.3 is 0 Å². The highest BCUT2D eigenvalue weighted by Gasteiger charge is 2.40. The molecule has 3 fully saturated rings. The van der Waals surface area contributed by atoms with Gasteiger partial charge < -0.3 is 5.32 Å². The van der Waals surface area contributed by atoms with Crippen molar-refractivity contribution < 1.29 is 0 Å². The number of hydrogen-bond donors (Lipinski definition) is 1. The zero-order valence-corrected chi connectivity index (χ0v) is 12.1. The Morgan fingerprint density at radius 3 is 3.00 bits per heavy atom. The molecule has 0 aromatic heterocycles. The van der Waals surface area contributed by atoms with Crippen molar-refractivity contribution in [3.8, 4) is 0 Å². The highest BCUT2D eigenvalue weighted by Crippen LogP contribution is 2.38. The van der Waals surface area contributed by atoms with Crippen LogP contribution in [0.4, 0.5) is 0 Å². The average Bonchev–Trinajstić information content (AvgIpc) is 2.75. The number of hydrogen-bond acceptors (Lipinski definition) is 3. The Kier molecular flexibility index (Phi) is 3.44. The van der Waals surface area contributed by atoms with Crippen molar-refractivity contribution in [1.29, 1.82) is 0 Å². The molecule has 3 aliphatic rings. The normalized spacial score (nSPS) is 42.4. The summed E-state index contributed by atoms with van der Waals surface area (Å²) < 4.78 is 0. The minimum Gasteiger partial charge on any atom is -0.315 e. The van der Waals surface area contributed by atoms with Gasteiger partial charge in [0.25, 0.3) is 0 Å². The van der Waals surface area contributed by atoms with Crippen LogP contribution in [0, 0.1) is 11.3 Å². The van der Waals surface area contributed by atoms with Crippen LogP contribution in [0.5, 0.6) is 0 Å². The summed E-state index contributed by atoms with van der Waals surface area (Å²) in [5.74, 6) is 3.66. The van der Waals surface area contributed by atoms with E-state index in [1.54, 1.807) is 0 Å². The highest BCUT2D eigenvalue weighted by molar-refractivity contribution is 7.99. The number of rotatable bonds is 1. The zero-order valence-electron chi connectivity index (χ0n) is 11.2. The summed E-state index contributed by atoms with van der Waals surface area (Å²) in [5, 5.41) is 3.61. The molecule has 3 atom stereocenters. The van der Waals surface area contributed by atoms with Crippen molar-refractivity contribution in [1.82, 2.24) is 10.2 Å². The Bertz CT molecular complexity index is 279. The fraction of sp³-hybridized carbons (Fsp3) is 1.00. The number of nitrogens with zero attached hydrogens (tertiary/aromatic N) is 1. The van der Waals surface area contributed by atoms with Gasteiger partial charge in [0, 0.05) is 24.4 Å². The molecule has 0 aromatic rings. The number of nitrogens with one attached hydrogen (secondary N) is 1. The van der Waals surface area contributed by atoms with Crippen molar-refractivity contribution >= 4 is 11.8 Å². The smallest absolute Gasteiger partial charge is 0.0264 e. The summed E-state index contributed by atoms with van der Waals surface area (Å²) in [7, 11) is 0. The predicted octanol–water partition coefficient (Wildman–Crippen LogP) is 2.20. The molecule has 98 valence electrons. The van der Waals surface area contributed by atoms with Crippen LogP contribution < -0.4 is 5.32 Å². The maximum Gasteiger partial charge on any atom is 0.0264 e. The summed E-state index contributed by atoms with van der Waals surface area (Å²) >= 11 is 2.18. The lowest BCUT2D eigenvalue weighted by Gasteiger charge is -2.46. The van der Waals surface area contributed by atoms with Crippen LogP contribution in [-0.4, -0.2) is 48.1 Å². The first-order valence-corrected chi connectivity index (χ1v) is 8.35. The van der Waals surface area contributed by atoms with Gasteiger partial charge in [-0.25, -0.2) is 0 Å². The van der Waals surface area contributed by atoms with Crippen molar-refractivity contribution in [2.24, 2.45) is 11.3 Å². The van der Waals surface area contributed by atoms with Gasteiger partial charge in [0.2, 0.25) is 0 Å². The van der Waals surface area contributed by atoms with Crippen molar-refractivity contribution in [2.75, 3.05) is 31.1 Å². The van der Waals surface area contributed by atoms with E-state index in [2.05, 4.69) is 35.8 Å². The molecule has 3 heteroatoms. The van der Waals surface area contributed by atoms with Crippen LogP contribution in [0.25, 0.3) is 0 Å². The number of piperidine rings is 1. The highest BCUT2D eigenvalue weighted by atomic mass is 32.2. The van der Waals surface area contributed by atoms with Crippen LogP contribution in [-0.2, 0) is 0 Å². The molecule has 17 heavy (non-hydrogen) atoms. The Labute approximate surface area is 110 Å². The van der Waals surface area contributed by atoms with Gasteiger partial charge in [-0.3, -0.25) is 4.90 Å². The summed E-state index contributed by atoms with van der Waals surface area (Å²) in [5.41, 5.74) is 0.548. The maximum atomic E-state index is 3.61. The first kappa shape index (κ1) is 12.3. The fourth-order valence-electron chi connectivity index (χ4n) is 4.00. The van der Waals surface area contributed by atoms with E-state index in [9.17, 15) is 0 Å². The van der Waals surface area contributed by atoms with Crippen molar-refractivity contribution in [3.05, 3.63) is 0 Å². The largest absolute Gasteiger partial charge is 0.315 e. The molecule has 3 saturated heterocycles. The van der Waals surface area contributed by atoms with E-state index in [0.717, 1.165) is 18.0 Å². The van der Waals surface area contributed by atoms with Crippen LogP contribution in [0.2, 0.25) is 0 Å². The monoisotopic (exact) mass is 254 g/mol. The molecular formula is C14H26N2S. The number of fused-ring (bicyclic) bond motifs is 1. The lowest BCUT2D eigenvalue weighted by atomic mass is 9.84. The van der Waals surface area contributed by atoms with Crippen molar-refractivity contribution in [2.45, 2.75) is 45.2 Å². The molecule has 3 heterocycles. The molecule has 0 amide bonds. The molecule has 0 aromatic carbocycles. The third kappa shape index (κ3) is 2.52. The molecule has 1 N–H and O–H groups in total. The first-order chi connectivity index (χ1) is 8.16. The molecule has 0 radical (unpaired) electrons.